The first-order chi connectivity index (χ1) is 7.01. The van der Waals surface area contributed by atoms with Crippen LogP contribution in [-0.4, -0.2) is 44.6 Å². The van der Waals surface area contributed by atoms with Crippen molar-refractivity contribution >= 4 is 11.9 Å². The normalized spacial score (nSPS) is 12.3. The Bertz CT molecular complexity index is 270. The van der Waals surface area contributed by atoms with Crippen LogP contribution >= 0.6 is 0 Å². The maximum atomic E-state index is 11.3. The van der Waals surface area contributed by atoms with E-state index in [-0.39, 0.29) is 5.70 Å². The Morgan fingerprint density at radius 1 is 1.47 bits per heavy atom. The monoisotopic (exact) mass is 214 g/mol. The highest BCUT2D eigenvalue weighted by molar-refractivity contribution is 5.91. The van der Waals surface area contributed by atoms with Gasteiger partial charge in [0.25, 0.3) is 0 Å². The van der Waals surface area contributed by atoms with Gasteiger partial charge in [-0.25, -0.2) is 9.79 Å². The van der Waals surface area contributed by atoms with E-state index in [0.29, 0.717) is 12.5 Å². The van der Waals surface area contributed by atoms with Crippen LogP contribution in [0.5, 0.6) is 0 Å². The first kappa shape index (κ1) is 13.5. The van der Waals surface area contributed by atoms with Gasteiger partial charge in [-0.2, -0.15) is 0 Å². The zero-order valence-corrected chi connectivity index (χ0v) is 9.90. The summed E-state index contributed by atoms with van der Waals surface area (Å²) in [5.74, 6) is -0.0428. The highest BCUT2D eigenvalue weighted by Crippen LogP contribution is 2.02. The number of nitrogens with zero attached hydrogens (tertiary/aromatic N) is 2. The highest BCUT2D eigenvalue weighted by atomic mass is 16.5. The van der Waals surface area contributed by atoms with E-state index in [2.05, 4.69) is 9.73 Å². The van der Waals surface area contributed by atoms with Crippen molar-refractivity contribution in [3.05, 3.63) is 11.9 Å². The molecule has 0 aromatic rings. The van der Waals surface area contributed by atoms with E-state index in [4.69, 9.17) is 4.74 Å². The molecule has 0 unspecified atom stereocenters. The summed E-state index contributed by atoms with van der Waals surface area (Å²) in [6.07, 6.45) is 1.58. The molecule has 0 heterocycles. The van der Waals surface area contributed by atoms with E-state index in [1.165, 1.54) is 7.11 Å². The average molecular weight is 214 g/mol. The Morgan fingerprint density at radius 3 is 2.47 bits per heavy atom. The number of methoxy groups -OCH3 is 1. The van der Waals surface area contributed by atoms with E-state index in [9.17, 15) is 4.79 Å². The molecule has 0 rings (SSSR count). The summed E-state index contributed by atoms with van der Waals surface area (Å²) < 4.78 is 9.73. The quantitative estimate of drug-likeness (QED) is 0.303. The number of aliphatic imine (C=N–C) groups is 1. The third-order valence-corrected chi connectivity index (χ3v) is 1.41. The number of carbonyl (C=O) groups is 1. The van der Waals surface area contributed by atoms with E-state index < -0.39 is 5.97 Å². The van der Waals surface area contributed by atoms with Crippen molar-refractivity contribution in [1.82, 2.24) is 4.90 Å². The summed E-state index contributed by atoms with van der Waals surface area (Å²) in [7, 11) is 4.92. The molecule has 0 aliphatic rings. The van der Waals surface area contributed by atoms with Crippen LogP contribution in [0.25, 0.3) is 0 Å². The average Bonchev–Trinajstić information content (AvgIpc) is 2.15. The van der Waals surface area contributed by atoms with Crippen LogP contribution in [0.4, 0.5) is 0 Å². The third kappa shape index (κ3) is 5.72. The second kappa shape index (κ2) is 6.86. The molecule has 15 heavy (non-hydrogen) atoms. The smallest absolute Gasteiger partial charge is 0.358 e. The second-order valence-corrected chi connectivity index (χ2v) is 3.03. The van der Waals surface area contributed by atoms with E-state index in [1.807, 2.05) is 6.92 Å². The lowest BCUT2D eigenvalue weighted by molar-refractivity contribution is -0.136. The van der Waals surface area contributed by atoms with Gasteiger partial charge in [-0.15, -0.1) is 0 Å². The molecule has 0 spiro atoms. The topological polar surface area (TPSA) is 51.1 Å². The van der Waals surface area contributed by atoms with Crippen LogP contribution in [0.3, 0.4) is 0 Å². The molecule has 5 nitrogen and oxygen atoms in total. The van der Waals surface area contributed by atoms with Gasteiger partial charge in [-0.3, -0.25) is 0 Å². The van der Waals surface area contributed by atoms with Crippen LogP contribution in [0, 0.1) is 0 Å². The molecule has 0 saturated heterocycles. The number of carbonyl (C=O) groups excluding carboxylic acids is 1. The Balaban J connectivity index is 4.80. The lowest BCUT2D eigenvalue weighted by Gasteiger charge is -2.08. The SMILES string of the molecule is CCOC(C)=N/C(=C/N(C)C)C(=O)OC. The fourth-order valence-corrected chi connectivity index (χ4v) is 0.887. The summed E-state index contributed by atoms with van der Waals surface area (Å²) in [6, 6.07) is 0. The maximum Gasteiger partial charge on any atom is 0.358 e. The number of hydrogen-bond donors (Lipinski definition) is 0. The molecule has 0 amide bonds. The summed E-state index contributed by atoms with van der Waals surface area (Å²) in [6.45, 7) is 4.06. The Kier molecular flexibility index (Phi) is 6.17. The van der Waals surface area contributed by atoms with Gasteiger partial charge in [-0.1, -0.05) is 0 Å². The lowest BCUT2D eigenvalue weighted by Crippen LogP contribution is -2.11. The maximum absolute atomic E-state index is 11.3. The zero-order chi connectivity index (χ0) is 11.8. The zero-order valence-electron chi connectivity index (χ0n) is 9.90. The highest BCUT2D eigenvalue weighted by Gasteiger charge is 2.09. The van der Waals surface area contributed by atoms with Gasteiger partial charge in [0.15, 0.2) is 11.6 Å². The van der Waals surface area contributed by atoms with E-state index in [0.717, 1.165) is 0 Å². The number of hydrogen-bond acceptors (Lipinski definition) is 5. The number of ether oxygens (including phenoxy) is 2. The fourth-order valence-electron chi connectivity index (χ4n) is 0.887. The predicted molar refractivity (Wildman–Crippen MR) is 58.5 cm³/mol. The Labute approximate surface area is 90.4 Å². The molecule has 0 fully saturated rings. The van der Waals surface area contributed by atoms with Gasteiger partial charge >= 0.3 is 5.97 Å². The molecule has 0 aliphatic heterocycles. The van der Waals surface area contributed by atoms with Crippen molar-refractivity contribution in [2.75, 3.05) is 27.8 Å². The van der Waals surface area contributed by atoms with Crippen LogP contribution in [-0.2, 0) is 14.3 Å². The Hall–Kier alpha value is -1.52. The summed E-state index contributed by atoms with van der Waals surface area (Å²) >= 11 is 0. The van der Waals surface area contributed by atoms with Crippen molar-refractivity contribution in [3.8, 4) is 0 Å². The standard InChI is InChI=1S/C10H18N2O3/c1-6-15-8(2)11-9(7-12(3)4)10(13)14-5/h7H,6H2,1-5H3/b9-7+,11-8?. The van der Waals surface area contributed by atoms with Gasteiger partial charge in [0.2, 0.25) is 0 Å². The molecule has 0 N–H and O–H groups in total. The molecular formula is C10H18N2O3. The second-order valence-electron chi connectivity index (χ2n) is 3.03. The minimum absolute atomic E-state index is 0.216. The lowest BCUT2D eigenvalue weighted by atomic mass is 10.4. The largest absolute Gasteiger partial charge is 0.481 e. The minimum atomic E-state index is -0.484. The Morgan fingerprint density at radius 2 is 2.07 bits per heavy atom. The summed E-state index contributed by atoms with van der Waals surface area (Å²) in [5.41, 5.74) is 0.216. The number of esters is 1. The van der Waals surface area contributed by atoms with Crippen LogP contribution in [0.1, 0.15) is 13.8 Å². The first-order valence-electron chi connectivity index (χ1n) is 4.65. The van der Waals surface area contributed by atoms with Crippen molar-refractivity contribution in [3.63, 3.8) is 0 Å². The molecule has 86 valence electrons. The molecule has 0 radical (unpaired) electrons. The molecule has 0 aromatic carbocycles. The van der Waals surface area contributed by atoms with Crippen LogP contribution in [0.15, 0.2) is 16.9 Å². The van der Waals surface area contributed by atoms with Crippen LogP contribution in [0.2, 0.25) is 0 Å². The molecule has 0 saturated carbocycles. The van der Waals surface area contributed by atoms with Gasteiger partial charge in [-0.05, 0) is 6.92 Å². The summed E-state index contributed by atoms with van der Waals surface area (Å²) in [5, 5.41) is 0. The third-order valence-electron chi connectivity index (χ3n) is 1.41. The molecular weight excluding hydrogens is 196 g/mol. The number of rotatable bonds is 4. The molecule has 0 bridgehead atoms. The first-order valence-corrected chi connectivity index (χ1v) is 4.65. The molecule has 0 aromatic heterocycles. The van der Waals surface area contributed by atoms with Crippen molar-refractivity contribution < 1.29 is 14.3 Å². The fraction of sp³-hybridized carbons (Fsp3) is 0.600. The van der Waals surface area contributed by atoms with Gasteiger partial charge in [0, 0.05) is 27.2 Å². The van der Waals surface area contributed by atoms with Gasteiger partial charge in [0.05, 0.1) is 13.7 Å². The van der Waals surface area contributed by atoms with Gasteiger partial charge < -0.3 is 14.4 Å². The molecule has 5 heteroatoms. The van der Waals surface area contributed by atoms with E-state index >= 15 is 0 Å². The van der Waals surface area contributed by atoms with Crippen molar-refractivity contribution in [2.45, 2.75) is 13.8 Å². The molecule has 0 atom stereocenters. The van der Waals surface area contributed by atoms with Crippen molar-refractivity contribution in [2.24, 2.45) is 4.99 Å². The van der Waals surface area contributed by atoms with Gasteiger partial charge in [0.1, 0.15) is 0 Å². The van der Waals surface area contributed by atoms with Crippen molar-refractivity contribution in [1.29, 1.82) is 0 Å². The summed E-state index contributed by atoms with van der Waals surface area (Å²) in [4.78, 5) is 17.0. The van der Waals surface area contributed by atoms with Crippen LogP contribution < -0.4 is 0 Å². The minimum Gasteiger partial charge on any atom is -0.481 e. The predicted octanol–water partition coefficient (Wildman–Crippen LogP) is 1.02. The van der Waals surface area contributed by atoms with E-state index in [1.54, 1.807) is 32.1 Å². The molecule has 0 aliphatic carbocycles.